The Balaban J connectivity index is 1.74. The summed E-state index contributed by atoms with van der Waals surface area (Å²) in [6.07, 6.45) is 0.809. The van der Waals surface area contributed by atoms with Crippen LogP contribution in [-0.2, 0) is 39.4 Å². The molecule has 1 N–H and O–H groups in total. The van der Waals surface area contributed by atoms with Crippen molar-refractivity contribution in [2.75, 3.05) is 14.1 Å². The fraction of sp³-hybridized carbons (Fsp3) is 0.444. The summed E-state index contributed by atoms with van der Waals surface area (Å²) in [4.78, 5) is 33.7. The number of fused-ring (bicyclic) bond motifs is 5. The molecule has 0 fully saturated rings. The van der Waals surface area contributed by atoms with Crippen LogP contribution in [0.4, 0.5) is 0 Å². The molecule has 0 unspecified atom stereocenters. The molecule has 1 atom stereocenters. The maximum absolute atomic E-state index is 13.8. The number of aromatic hydroxyl groups is 1. The van der Waals surface area contributed by atoms with Gasteiger partial charge in [0.15, 0.2) is 5.60 Å². The monoisotopic (exact) mass is 477 g/mol. The van der Waals surface area contributed by atoms with Crippen molar-refractivity contribution in [2.24, 2.45) is 0 Å². The van der Waals surface area contributed by atoms with Crippen LogP contribution in [0.1, 0.15) is 62.2 Å². The van der Waals surface area contributed by atoms with Gasteiger partial charge >= 0.3 is 5.97 Å². The minimum absolute atomic E-state index is 0.0917. The first kappa shape index (κ1) is 23.5. The highest BCUT2D eigenvalue weighted by molar-refractivity contribution is 5.87. The second-order valence-electron chi connectivity index (χ2n) is 10.6. The second kappa shape index (κ2) is 7.90. The average Bonchev–Trinajstić information content (AvgIpc) is 3.13. The summed E-state index contributed by atoms with van der Waals surface area (Å²) in [5, 5.41) is 11.3. The van der Waals surface area contributed by atoms with Gasteiger partial charge in [-0.15, -0.1) is 0 Å². The molecular weight excluding hydrogens is 446 g/mol. The van der Waals surface area contributed by atoms with Crippen molar-refractivity contribution < 1.29 is 19.4 Å². The molecule has 0 radical (unpaired) electrons. The topological polar surface area (TPSA) is 93.9 Å². The highest BCUT2D eigenvalue weighted by Gasteiger charge is 2.50. The number of carbonyl (C=O) groups excluding carboxylic acids is 1. The third-order valence-electron chi connectivity index (χ3n) is 6.68. The molecule has 2 aromatic heterocycles. The number of pyridine rings is 2. The van der Waals surface area contributed by atoms with E-state index in [-0.39, 0.29) is 17.9 Å². The molecule has 0 amide bonds. The maximum Gasteiger partial charge on any atom is 0.343 e. The van der Waals surface area contributed by atoms with Crippen molar-refractivity contribution in [3.8, 4) is 11.4 Å². The first-order valence-electron chi connectivity index (χ1n) is 11.9. The van der Waals surface area contributed by atoms with Crippen LogP contribution >= 0.6 is 0 Å². The molecule has 8 nitrogen and oxygen atoms in total. The number of rotatable bonds is 4. The Labute approximate surface area is 204 Å². The zero-order valence-corrected chi connectivity index (χ0v) is 21.1. The molecule has 4 heterocycles. The van der Waals surface area contributed by atoms with Gasteiger partial charge in [0.2, 0.25) is 0 Å². The highest BCUT2D eigenvalue weighted by atomic mass is 16.6. The van der Waals surface area contributed by atoms with Gasteiger partial charge in [0.05, 0.1) is 28.1 Å². The van der Waals surface area contributed by atoms with E-state index in [0.717, 1.165) is 27.9 Å². The Morgan fingerprint density at radius 3 is 2.63 bits per heavy atom. The highest BCUT2D eigenvalue weighted by Crippen LogP contribution is 2.42. The SMILES string of the molecule is CC[C@@]1(OC(C)(C)C)C(=O)OCc2c1cc1n(c2=O)-c2cc3c(CN(C)C)c(O)ccc3nc2C1. The van der Waals surface area contributed by atoms with Gasteiger partial charge in [-0.1, -0.05) is 6.92 Å². The fourth-order valence-electron chi connectivity index (χ4n) is 5.28. The summed E-state index contributed by atoms with van der Waals surface area (Å²) in [7, 11) is 3.87. The first-order valence-corrected chi connectivity index (χ1v) is 11.9. The average molecular weight is 478 g/mol. The number of benzene rings is 1. The molecule has 2 aliphatic rings. The van der Waals surface area contributed by atoms with Crippen molar-refractivity contribution in [3.05, 3.63) is 62.7 Å². The Morgan fingerprint density at radius 2 is 1.97 bits per heavy atom. The third-order valence-corrected chi connectivity index (χ3v) is 6.68. The number of phenolic OH excluding ortho intramolecular Hbond substituents is 1. The Hall–Kier alpha value is -3.23. The van der Waals surface area contributed by atoms with Crippen LogP contribution in [0.3, 0.4) is 0 Å². The summed E-state index contributed by atoms with van der Waals surface area (Å²) in [5.74, 6) is -0.266. The van der Waals surface area contributed by atoms with Gasteiger partial charge in [-0.25, -0.2) is 4.79 Å². The summed E-state index contributed by atoms with van der Waals surface area (Å²) in [6.45, 7) is 7.98. The van der Waals surface area contributed by atoms with Crippen molar-refractivity contribution >= 4 is 16.9 Å². The number of hydrogen-bond acceptors (Lipinski definition) is 7. The van der Waals surface area contributed by atoms with Crippen LogP contribution in [0.25, 0.3) is 16.6 Å². The molecule has 184 valence electrons. The lowest BCUT2D eigenvalue weighted by molar-refractivity contribution is -0.200. The summed E-state index contributed by atoms with van der Waals surface area (Å²) in [5.41, 5.74) is 2.60. The lowest BCUT2D eigenvalue weighted by atomic mass is 9.85. The van der Waals surface area contributed by atoms with Gasteiger partial charge in [-0.05, 0) is 65.6 Å². The summed E-state index contributed by atoms with van der Waals surface area (Å²) < 4.78 is 13.5. The smallest absolute Gasteiger partial charge is 0.343 e. The quantitative estimate of drug-likeness (QED) is 0.450. The lowest BCUT2D eigenvalue weighted by Gasteiger charge is -2.40. The van der Waals surface area contributed by atoms with E-state index in [1.165, 1.54) is 0 Å². The molecule has 35 heavy (non-hydrogen) atoms. The van der Waals surface area contributed by atoms with Crippen LogP contribution in [0.15, 0.2) is 29.1 Å². The lowest BCUT2D eigenvalue weighted by Crippen LogP contribution is -2.49. The number of carbonyl (C=O) groups is 1. The molecule has 3 aromatic rings. The second-order valence-corrected chi connectivity index (χ2v) is 10.6. The normalized spacial score (nSPS) is 19.0. The number of esters is 1. The van der Waals surface area contributed by atoms with Crippen molar-refractivity contribution in [1.82, 2.24) is 14.5 Å². The molecule has 0 bridgehead atoms. The van der Waals surface area contributed by atoms with Gasteiger partial charge in [0.1, 0.15) is 12.4 Å². The Bertz CT molecular complexity index is 1430. The Morgan fingerprint density at radius 1 is 1.23 bits per heavy atom. The maximum atomic E-state index is 13.8. The first-order chi connectivity index (χ1) is 16.4. The van der Waals surface area contributed by atoms with Gasteiger partial charge in [-0.2, -0.15) is 0 Å². The van der Waals surface area contributed by atoms with Crippen LogP contribution in [-0.4, -0.2) is 45.2 Å². The van der Waals surface area contributed by atoms with Gasteiger partial charge in [-0.3, -0.25) is 14.3 Å². The molecule has 0 spiro atoms. The molecule has 0 aliphatic carbocycles. The van der Waals surface area contributed by atoms with Crippen LogP contribution in [0.5, 0.6) is 5.75 Å². The molecular formula is C27H31N3O5. The van der Waals surface area contributed by atoms with Crippen molar-refractivity contribution in [3.63, 3.8) is 0 Å². The predicted molar refractivity (Wildman–Crippen MR) is 132 cm³/mol. The zero-order valence-electron chi connectivity index (χ0n) is 21.1. The fourth-order valence-corrected chi connectivity index (χ4v) is 5.28. The molecule has 0 saturated carbocycles. The minimum atomic E-state index is -1.34. The minimum Gasteiger partial charge on any atom is -0.508 e. The number of cyclic esters (lactones) is 1. The van der Waals surface area contributed by atoms with E-state index < -0.39 is 17.2 Å². The van der Waals surface area contributed by atoms with Crippen molar-refractivity contribution in [2.45, 2.75) is 64.9 Å². The van der Waals surface area contributed by atoms with Gasteiger partial charge in [0, 0.05) is 35.2 Å². The number of hydrogen-bond donors (Lipinski definition) is 1. The van der Waals surface area contributed by atoms with Gasteiger partial charge < -0.3 is 19.5 Å². The zero-order chi connectivity index (χ0) is 25.3. The van der Waals surface area contributed by atoms with E-state index in [0.29, 0.717) is 36.2 Å². The largest absolute Gasteiger partial charge is 0.508 e. The van der Waals surface area contributed by atoms with E-state index in [4.69, 9.17) is 14.5 Å². The standard InChI is InChI=1S/C27H31N3O5/c1-7-27(35-26(2,3)4)19-10-15-11-21-22(30(15)24(32)18(19)14-34-25(27)33)12-16-17(13-29(5)6)23(31)9-8-20(16)28-21/h8-10,12,31H,7,11,13-14H2,1-6H3/t27-/m0/s1. The predicted octanol–water partition coefficient (Wildman–Crippen LogP) is 3.53. The number of phenols is 1. The van der Waals surface area contributed by atoms with Crippen LogP contribution in [0.2, 0.25) is 0 Å². The van der Waals surface area contributed by atoms with E-state index in [2.05, 4.69) is 0 Å². The van der Waals surface area contributed by atoms with Crippen molar-refractivity contribution in [1.29, 1.82) is 0 Å². The van der Waals surface area contributed by atoms with E-state index in [9.17, 15) is 14.7 Å². The van der Waals surface area contributed by atoms with E-state index in [1.807, 2.05) is 58.8 Å². The summed E-state index contributed by atoms with van der Waals surface area (Å²) in [6, 6.07) is 7.31. The van der Waals surface area contributed by atoms with Gasteiger partial charge in [0.25, 0.3) is 5.56 Å². The number of aromatic nitrogens is 2. The molecule has 1 aromatic carbocycles. The Kier molecular flexibility index (Phi) is 5.30. The molecule has 2 aliphatic heterocycles. The number of nitrogens with zero attached hydrogens (tertiary/aromatic N) is 3. The summed E-state index contributed by atoms with van der Waals surface area (Å²) >= 11 is 0. The van der Waals surface area contributed by atoms with E-state index >= 15 is 0 Å². The molecule has 5 rings (SSSR count). The molecule has 0 saturated heterocycles. The van der Waals surface area contributed by atoms with Crippen LogP contribution < -0.4 is 5.56 Å². The van der Waals surface area contributed by atoms with E-state index in [1.54, 1.807) is 16.7 Å². The molecule has 8 heteroatoms. The number of ether oxygens (including phenoxy) is 2. The van der Waals surface area contributed by atoms with Crippen LogP contribution in [0, 0.1) is 0 Å². The third kappa shape index (κ3) is 3.63.